The van der Waals surface area contributed by atoms with Crippen LogP contribution in [0.5, 0.6) is 0 Å². The molecule has 0 atom stereocenters. The molecule has 2 heterocycles. The number of aromatic nitrogens is 1. The van der Waals surface area contributed by atoms with Crippen molar-refractivity contribution in [2.45, 2.75) is 42.7 Å². The molecule has 2 aromatic carbocycles. The maximum atomic E-state index is 13.9. The minimum absolute atomic E-state index is 0.0524. The Morgan fingerprint density at radius 3 is 2.50 bits per heavy atom. The van der Waals surface area contributed by atoms with Gasteiger partial charge in [-0.05, 0) is 56.0 Å². The molecule has 1 aromatic heterocycles. The summed E-state index contributed by atoms with van der Waals surface area (Å²) in [4.78, 5) is 25.2. The van der Waals surface area contributed by atoms with E-state index < -0.39 is 32.8 Å². The molecule has 2 fully saturated rings. The van der Waals surface area contributed by atoms with Gasteiger partial charge in [-0.25, -0.2) is 22.3 Å². The summed E-state index contributed by atoms with van der Waals surface area (Å²) >= 11 is 0. The zero-order valence-corrected chi connectivity index (χ0v) is 19.8. The minimum Gasteiger partial charge on any atom is -0.477 e. The van der Waals surface area contributed by atoms with Crippen LogP contribution in [0.3, 0.4) is 0 Å². The van der Waals surface area contributed by atoms with Gasteiger partial charge in [0.2, 0.25) is 15.5 Å². The normalized spacial score (nSPS) is 16.7. The van der Waals surface area contributed by atoms with Gasteiger partial charge in [0.1, 0.15) is 17.4 Å². The molecule has 9 nitrogen and oxygen atoms in total. The molecule has 3 aromatic rings. The zero-order chi connectivity index (χ0) is 25.6. The van der Waals surface area contributed by atoms with Crippen molar-refractivity contribution in [2.75, 3.05) is 13.2 Å². The summed E-state index contributed by atoms with van der Waals surface area (Å²) < 4.78 is 49.6. The van der Waals surface area contributed by atoms with Crippen LogP contribution in [0, 0.1) is 17.1 Å². The number of nitriles is 1. The molecular formula is C25H22FN3O6S. The molecule has 36 heavy (non-hydrogen) atoms. The summed E-state index contributed by atoms with van der Waals surface area (Å²) in [7, 11) is -4.04. The summed E-state index contributed by atoms with van der Waals surface area (Å²) in [5, 5.41) is 19.7. The first-order valence-electron chi connectivity index (χ1n) is 11.5. The third-order valence-corrected chi connectivity index (χ3v) is 8.08. The molecule has 186 valence electrons. The highest BCUT2D eigenvalue weighted by Crippen LogP contribution is 2.42. The number of pyridine rings is 1. The molecule has 5 rings (SSSR count). The lowest BCUT2D eigenvalue weighted by Crippen LogP contribution is -2.39. The Bertz CT molecular complexity index is 1600. The quantitative estimate of drug-likeness (QED) is 0.518. The fraction of sp³-hybridized carbons (Fsp3) is 0.320. The molecule has 0 bridgehead atoms. The number of carboxylic acid groups (broad SMARTS) is 1. The third-order valence-electron chi connectivity index (χ3n) is 6.50. The van der Waals surface area contributed by atoms with Crippen molar-refractivity contribution in [1.29, 1.82) is 5.26 Å². The highest BCUT2D eigenvalue weighted by atomic mass is 32.2. The van der Waals surface area contributed by atoms with E-state index in [-0.39, 0.29) is 39.2 Å². The number of halogens is 1. The first-order valence-corrected chi connectivity index (χ1v) is 12.9. The van der Waals surface area contributed by atoms with Gasteiger partial charge in [-0.2, -0.15) is 5.26 Å². The molecule has 11 heteroatoms. The van der Waals surface area contributed by atoms with Crippen molar-refractivity contribution in [2.24, 2.45) is 0 Å². The van der Waals surface area contributed by atoms with E-state index in [4.69, 9.17) is 4.74 Å². The summed E-state index contributed by atoms with van der Waals surface area (Å²) in [5.41, 5.74) is -0.936. The van der Waals surface area contributed by atoms with Crippen LogP contribution in [-0.2, 0) is 14.8 Å². The van der Waals surface area contributed by atoms with E-state index in [0.717, 1.165) is 18.9 Å². The van der Waals surface area contributed by atoms with Gasteiger partial charge in [0.05, 0.1) is 21.7 Å². The Morgan fingerprint density at radius 2 is 1.86 bits per heavy atom. The highest BCUT2D eigenvalue weighted by Gasteiger charge is 2.33. The number of nitrogens with zero attached hydrogens (tertiary/aromatic N) is 2. The molecule has 1 saturated heterocycles. The fourth-order valence-corrected chi connectivity index (χ4v) is 6.12. The number of carbonyl (C=O) groups is 1. The van der Waals surface area contributed by atoms with E-state index >= 15 is 0 Å². The highest BCUT2D eigenvalue weighted by molar-refractivity contribution is 7.89. The molecule has 1 saturated carbocycles. The predicted octanol–water partition coefficient (Wildman–Crippen LogP) is 3.17. The number of nitrogens with one attached hydrogen (secondary N) is 1. The van der Waals surface area contributed by atoms with Crippen LogP contribution in [0.4, 0.5) is 4.39 Å². The lowest BCUT2D eigenvalue weighted by molar-refractivity contribution is 0.0695. The third kappa shape index (κ3) is 4.28. The first-order chi connectivity index (χ1) is 17.2. The van der Waals surface area contributed by atoms with Crippen LogP contribution in [0.25, 0.3) is 22.2 Å². The predicted molar refractivity (Wildman–Crippen MR) is 128 cm³/mol. The van der Waals surface area contributed by atoms with Gasteiger partial charge < -0.3 is 14.4 Å². The summed E-state index contributed by atoms with van der Waals surface area (Å²) in [6.45, 7) is 0.861. The van der Waals surface area contributed by atoms with E-state index in [2.05, 4.69) is 4.72 Å². The number of ether oxygens (including phenoxy) is 1. The van der Waals surface area contributed by atoms with Crippen LogP contribution in [0.2, 0.25) is 0 Å². The molecule has 0 spiro atoms. The van der Waals surface area contributed by atoms with E-state index in [1.54, 1.807) is 4.57 Å². The largest absolute Gasteiger partial charge is 0.477 e. The molecule has 0 unspecified atom stereocenters. The molecule has 2 N–H and O–H groups in total. The Hall–Kier alpha value is -3.59. The van der Waals surface area contributed by atoms with Crippen LogP contribution in [0.1, 0.15) is 47.6 Å². The maximum absolute atomic E-state index is 13.9. The number of rotatable bonds is 6. The maximum Gasteiger partial charge on any atom is 0.341 e. The Kier molecular flexibility index (Phi) is 6.12. The number of aromatic carboxylic acids is 1. The van der Waals surface area contributed by atoms with Crippen molar-refractivity contribution in [3.05, 3.63) is 63.6 Å². The zero-order valence-electron chi connectivity index (χ0n) is 19.0. The lowest BCUT2D eigenvalue weighted by Gasteiger charge is -2.23. The summed E-state index contributed by atoms with van der Waals surface area (Å²) in [5.74, 6) is -2.16. The Labute approximate surface area is 205 Å². The average Bonchev–Trinajstić information content (AvgIpc) is 3.69. The standard InChI is InChI=1S/C25H22FN3O6S/c26-16-2-5-20-19(12-16)24(30)22(25(31)32)23(29(20)18-3-4-18)14-1-6-21(15(11-14)13-27)36(33,34)28-17-7-9-35-10-8-17/h1-2,5-6,11-12,17-18,28H,3-4,7-10H2,(H,31,32). The van der Waals surface area contributed by atoms with Gasteiger partial charge in [0.15, 0.2) is 0 Å². The monoisotopic (exact) mass is 511 g/mol. The number of hydrogen-bond acceptors (Lipinski definition) is 6. The van der Waals surface area contributed by atoms with E-state index in [1.807, 2.05) is 6.07 Å². The SMILES string of the molecule is N#Cc1cc(-c2c(C(=O)O)c(=O)c3cc(F)ccc3n2C2CC2)ccc1S(=O)(=O)NC1CCOCC1. The second-order valence-electron chi connectivity index (χ2n) is 8.95. The van der Waals surface area contributed by atoms with Crippen molar-refractivity contribution in [3.8, 4) is 17.3 Å². The number of fused-ring (bicyclic) bond motifs is 1. The smallest absolute Gasteiger partial charge is 0.341 e. The first kappa shape index (κ1) is 24.1. The van der Waals surface area contributed by atoms with Crippen LogP contribution in [-0.4, -0.2) is 43.3 Å². The Balaban J connectivity index is 1.70. The van der Waals surface area contributed by atoms with Gasteiger partial charge >= 0.3 is 5.97 Å². The van der Waals surface area contributed by atoms with Crippen molar-refractivity contribution in [3.63, 3.8) is 0 Å². The van der Waals surface area contributed by atoms with Crippen molar-refractivity contribution >= 4 is 26.9 Å². The van der Waals surface area contributed by atoms with Crippen LogP contribution in [0.15, 0.2) is 46.1 Å². The summed E-state index contributed by atoms with van der Waals surface area (Å²) in [6, 6.07) is 9.03. The number of sulfonamides is 1. The molecule has 0 radical (unpaired) electrons. The summed E-state index contributed by atoms with van der Waals surface area (Å²) in [6.07, 6.45) is 2.47. The number of hydrogen-bond donors (Lipinski definition) is 2. The van der Waals surface area contributed by atoms with Gasteiger partial charge in [0, 0.05) is 36.2 Å². The van der Waals surface area contributed by atoms with Gasteiger partial charge in [-0.1, -0.05) is 6.07 Å². The van der Waals surface area contributed by atoms with Crippen LogP contribution < -0.4 is 10.2 Å². The number of benzene rings is 2. The van der Waals surface area contributed by atoms with E-state index in [0.29, 0.717) is 31.6 Å². The van der Waals surface area contributed by atoms with Crippen molar-refractivity contribution < 1.29 is 27.4 Å². The van der Waals surface area contributed by atoms with E-state index in [9.17, 15) is 32.8 Å². The molecule has 1 aliphatic heterocycles. The minimum atomic E-state index is -4.04. The second kappa shape index (κ2) is 9.13. The van der Waals surface area contributed by atoms with E-state index in [1.165, 1.54) is 30.3 Å². The second-order valence-corrected chi connectivity index (χ2v) is 10.6. The molecule has 0 amide bonds. The Morgan fingerprint density at radius 1 is 1.14 bits per heavy atom. The van der Waals surface area contributed by atoms with Gasteiger partial charge in [0.25, 0.3) is 0 Å². The lowest BCUT2D eigenvalue weighted by atomic mass is 9.99. The van der Waals surface area contributed by atoms with Gasteiger partial charge in [-0.3, -0.25) is 4.79 Å². The molecule has 2 aliphatic rings. The number of carboxylic acids is 1. The molecular weight excluding hydrogens is 489 g/mol. The fourth-order valence-electron chi connectivity index (χ4n) is 4.67. The average molecular weight is 512 g/mol. The van der Waals surface area contributed by atoms with Crippen molar-refractivity contribution in [1.82, 2.24) is 9.29 Å². The van der Waals surface area contributed by atoms with Crippen LogP contribution >= 0.6 is 0 Å². The molecule has 1 aliphatic carbocycles. The van der Waals surface area contributed by atoms with Gasteiger partial charge in [-0.15, -0.1) is 0 Å². The topological polar surface area (TPSA) is 138 Å².